The zero-order valence-corrected chi connectivity index (χ0v) is 13.3. The lowest BCUT2D eigenvalue weighted by Crippen LogP contribution is -2.40. The number of hydrogen-bond donors (Lipinski definition) is 3. The summed E-state index contributed by atoms with van der Waals surface area (Å²) >= 11 is 0. The quantitative estimate of drug-likeness (QED) is 0.620. The van der Waals surface area contributed by atoms with Gasteiger partial charge in [-0.15, -0.1) is 0 Å². The first kappa shape index (κ1) is 15.1. The second-order valence-electron chi connectivity index (χ2n) is 6.04. The molecule has 25 heavy (non-hydrogen) atoms. The maximum absolute atomic E-state index is 12.2. The number of nitrogens with zero attached hydrogens (tertiary/aromatic N) is 1. The summed E-state index contributed by atoms with van der Waals surface area (Å²) in [6.07, 6.45) is 0. The molecule has 1 atom stereocenters. The molecule has 1 unspecified atom stereocenters. The summed E-state index contributed by atoms with van der Waals surface area (Å²) < 4.78 is 0. The van der Waals surface area contributed by atoms with E-state index in [4.69, 9.17) is 0 Å². The molecule has 0 spiro atoms. The van der Waals surface area contributed by atoms with Crippen LogP contribution in [-0.4, -0.2) is 21.9 Å². The van der Waals surface area contributed by atoms with Gasteiger partial charge in [-0.1, -0.05) is 36.4 Å². The van der Waals surface area contributed by atoms with Gasteiger partial charge in [0.1, 0.15) is 11.4 Å². The fourth-order valence-corrected chi connectivity index (χ4v) is 2.93. The van der Waals surface area contributed by atoms with Gasteiger partial charge in [-0.3, -0.25) is 14.9 Å². The van der Waals surface area contributed by atoms with E-state index in [1.54, 1.807) is 49.4 Å². The molecule has 3 aromatic rings. The summed E-state index contributed by atoms with van der Waals surface area (Å²) in [5, 5.41) is 5.38. The van der Waals surface area contributed by atoms with Crippen molar-refractivity contribution in [2.24, 2.45) is 0 Å². The summed E-state index contributed by atoms with van der Waals surface area (Å²) in [4.78, 5) is 42.8. The Morgan fingerprint density at radius 1 is 0.960 bits per heavy atom. The number of benzene rings is 2. The van der Waals surface area contributed by atoms with Crippen LogP contribution in [0.4, 0.5) is 4.79 Å². The van der Waals surface area contributed by atoms with Crippen LogP contribution < -0.4 is 16.2 Å². The van der Waals surface area contributed by atoms with E-state index in [0.717, 1.165) is 0 Å². The molecule has 4 rings (SSSR count). The molecule has 1 saturated heterocycles. The average Bonchev–Trinajstić information content (AvgIpc) is 2.88. The van der Waals surface area contributed by atoms with Gasteiger partial charge in [-0.2, -0.15) is 0 Å². The van der Waals surface area contributed by atoms with Crippen LogP contribution in [0, 0.1) is 0 Å². The van der Waals surface area contributed by atoms with E-state index in [-0.39, 0.29) is 5.56 Å². The molecule has 2 aromatic carbocycles. The second-order valence-corrected chi connectivity index (χ2v) is 6.04. The summed E-state index contributed by atoms with van der Waals surface area (Å²) in [6.45, 7) is 1.64. The number of hydrogen-bond acceptors (Lipinski definition) is 4. The van der Waals surface area contributed by atoms with Gasteiger partial charge in [-0.25, -0.2) is 9.78 Å². The average molecular weight is 334 g/mol. The van der Waals surface area contributed by atoms with Crippen molar-refractivity contribution in [1.82, 2.24) is 20.6 Å². The van der Waals surface area contributed by atoms with Crippen molar-refractivity contribution in [3.63, 3.8) is 0 Å². The molecule has 0 saturated carbocycles. The minimum Gasteiger partial charge on any atom is -0.320 e. The monoisotopic (exact) mass is 334 g/mol. The summed E-state index contributed by atoms with van der Waals surface area (Å²) in [6, 6.07) is 13.6. The molecule has 7 nitrogen and oxygen atoms in total. The molecule has 2 heterocycles. The second kappa shape index (κ2) is 5.27. The number of H-pyrrole nitrogens is 1. The van der Waals surface area contributed by atoms with Crippen molar-refractivity contribution in [1.29, 1.82) is 0 Å². The Balaban J connectivity index is 1.75. The van der Waals surface area contributed by atoms with Gasteiger partial charge in [-0.05, 0) is 24.6 Å². The minimum absolute atomic E-state index is 0.209. The Morgan fingerprint density at radius 2 is 1.68 bits per heavy atom. The minimum atomic E-state index is -1.11. The predicted octanol–water partition coefficient (Wildman–Crippen LogP) is 1.64. The number of urea groups is 1. The van der Waals surface area contributed by atoms with E-state index in [1.165, 1.54) is 0 Å². The molecular weight excluding hydrogens is 320 g/mol. The number of carbonyl (C=O) groups is 2. The standard InChI is InChI=1S/C18H14N4O3/c1-18(16(24)21-17(25)22-18)11-8-6-10(7-9-11)14-19-13-5-3-2-4-12(13)15(23)20-14/h2-9H,1H3,(H,19,20,23)(H2,21,22,24,25). The number of carbonyl (C=O) groups excluding carboxylic acids is 2. The zero-order chi connectivity index (χ0) is 17.6. The molecule has 3 amide bonds. The van der Waals surface area contributed by atoms with Crippen LogP contribution >= 0.6 is 0 Å². The van der Waals surface area contributed by atoms with E-state index >= 15 is 0 Å². The van der Waals surface area contributed by atoms with Gasteiger partial charge < -0.3 is 10.3 Å². The highest BCUT2D eigenvalue weighted by atomic mass is 16.2. The van der Waals surface area contributed by atoms with Gasteiger partial charge in [0.15, 0.2) is 0 Å². The third-order valence-corrected chi connectivity index (χ3v) is 4.39. The van der Waals surface area contributed by atoms with E-state index in [9.17, 15) is 14.4 Å². The van der Waals surface area contributed by atoms with Gasteiger partial charge in [0, 0.05) is 5.56 Å². The van der Waals surface area contributed by atoms with Gasteiger partial charge in [0.2, 0.25) is 0 Å². The molecule has 124 valence electrons. The van der Waals surface area contributed by atoms with Crippen molar-refractivity contribution in [3.05, 3.63) is 64.4 Å². The highest BCUT2D eigenvalue weighted by Crippen LogP contribution is 2.26. The molecule has 1 fully saturated rings. The molecule has 7 heteroatoms. The van der Waals surface area contributed by atoms with Crippen molar-refractivity contribution in [2.75, 3.05) is 0 Å². The number of amides is 3. The molecule has 1 aromatic heterocycles. The third kappa shape index (κ3) is 2.37. The zero-order valence-electron chi connectivity index (χ0n) is 13.3. The topological polar surface area (TPSA) is 104 Å². The Labute approximate surface area is 142 Å². The molecule has 1 aliphatic heterocycles. The van der Waals surface area contributed by atoms with Crippen molar-refractivity contribution < 1.29 is 9.59 Å². The summed E-state index contributed by atoms with van der Waals surface area (Å²) in [7, 11) is 0. The molecule has 0 bridgehead atoms. The van der Waals surface area contributed by atoms with Crippen LogP contribution in [0.3, 0.4) is 0 Å². The lowest BCUT2D eigenvalue weighted by atomic mass is 9.91. The molecule has 3 N–H and O–H groups in total. The maximum Gasteiger partial charge on any atom is 0.322 e. The normalized spacial score (nSPS) is 19.7. The van der Waals surface area contributed by atoms with E-state index in [0.29, 0.717) is 27.9 Å². The predicted molar refractivity (Wildman–Crippen MR) is 91.8 cm³/mol. The Bertz CT molecular complexity index is 1070. The smallest absolute Gasteiger partial charge is 0.320 e. The Kier molecular flexibility index (Phi) is 3.18. The summed E-state index contributed by atoms with van der Waals surface area (Å²) in [5.41, 5.74) is 0.640. The molecule has 1 aliphatic rings. The molecule has 0 radical (unpaired) electrons. The van der Waals surface area contributed by atoms with Crippen LogP contribution in [0.2, 0.25) is 0 Å². The fraction of sp³-hybridized carbons (Fsp3) is 0.111. The highest BCUT2D eigenvalue weighted by molar-refractivity contribution is 6.07. The first-order valence-electron chi connectivity index (χ1n) is 7.71. The maximum atomic E-state index is 12.2. The van der Waals surface area contributed by atoms with Crippen LogP contribution in [0.1, 0.15) is 12.5 Å². The number of rotatable bonds is 2. The summed E-state index contributed by atoms with van der Waals surface area (Å²) in [5.74, 6) is 0.0443. The van der Waals surface area contributed by atoms with Crippen LogP contribution in [0.25, 0.3) is 22.3 Å². The third-order valence-electron chi connectivity index (χ3n) is 4.39. The Morgan fingerprint density at radius 3 is 2.36 bits per heavy atom. The largest absolute Gasteiger partial charge is 0.322 e. The van der Waals surface area contributed by atoms with E-state index < -0.39 is 17.5 Å². The number of imide groups is 1. The van der Waals surface area contributed by atoms with E-state index in [2.05, 4.69) is 20.6 Å². The lowest BCUT2D eigenvalue weighted by Gasteiger charge is -2.21. The fourth-order valence-electron chi connectivity index (χ4n) is 2.93. The van der Waals surface area contributed by atoms with E-state index in [1.807, 2.05) is 6.07 Å². The van der Waals surface area contributed by atoms with Crippen LogP contribution in [0.15, 0.2) is 53.3 Å². The van der Waals surface area contributed by atoms with Gasteiger partial charge in [0.25, 0.3) is 11.5 Å². The number of para-hydroxylation sites is 1. The number of aromatic nitrogens is 2. The lowest BCUT2D eigenvalue weighted by molar-refractivity contribution is -0.123. The first-order chi connectivity index (χ1) is 12.0. The van der Waals surface area contributed by atoms with Crippen molar-refractivity contribution in [2.45, 2.75) is 12.5 Å². The van der Waals surface area contributed by atoms with Crippen LogP contribution in [0.5, 0.6) is 0 Å². The number of nitrogens with one attached hydrogen (secondary N) is 3. The van der Waals surface area contributed by atoms with Gasteiger partial charge in [0.05, 0.1) is 10.9 Å². The van der Waals surface area contributed by atoms with Crippen molar-refractivity contribution >= 4 is 22.8 Å². The SMILES string of the molecule is CC1(c2ccc(-c3nc4ccccc4c(=O)[nH]3)cc2)NC(=O)NC1=O. The first-order valence-corrected chi connectivity index (χ1v) is 7.71. The molecular formula is C18H14N4O3. The Hall–Kier alpha value is -3.48. The van der Waals surface area contributed by atoms with Crippen LogP contribution in [-0.2, 0) is 10.3 Å². The van der Waals surface area contributed by atoms with Gasteiger partial charge >= 0.3 is 6.03 Å². The van der Waals surface area contributed by atoms with Crippen molar-refractivity contribution in [3.8, 4) is 11.4 Å². The highest BCUT2D eigenvalue weighted by Gasteiger charge is 2.43. The number of fused-ring (bicyclic) bond motifs is 1. The molecule has 0 aliphatic carbocycles. The number of aromatic amines is 1.